The van der Waals surface area contributed by atoms with Crippen LogP contribution in [0.5, 0.6) is 5.75 Å². The van der Waals surface area contributed by atoms with E-state index in [1.54, 1.807) is 37.3 Å². The smallest absolute Gasteiger partial charge is 0.416 e. The van der Waals surface area contributed by atoms with E-state index in [0.717, 1.165) is 29.2 Å². The normalized spacial score (nSPS) is 12.3. The van der Waals surface area contributed by atoms with Crippen molar-refractivity contribution in [3.05, 3.63) is 113 Å². The van der Waals surface area contributed by atoms with Crippen LogP contribution in [0.3, 0.4) is 0 Å². The average molecular weight is 578 g/mol. The Balaban J connectivity index is 1.62. The number of benzene rings is 3. The summed E-state index contributed by atoms with van der Waals surface area (Å²) in [7, 11) is 0. The van der Waals surface area contributed by atoms with Crippen LogP contribution in [0.4, 0.5) is 26.3 Å². The summed E-state index contributed by atoms with van der Waals surface area (Å²) in [6, 6.07) is 14.8. The Labute approximate surface area is 229 Å². The quantitative estimate of drug-likeness (QED) is 0.124. The highest BCUT2D eigenvalue weighted by atomic mass is 32.2. The molecule has 0 saturated carbocycles. The number of pyridine rings is 1. The molecule has 4 rings (SSSR count). The largest absolute Gasteiger partial charge is 0.482 e. The molecule has 1 heterocycles. The van der Waals surface area contributed by atoms with Crippen molar-refractivity contribution in [3.63, 3.8) is 0 Å². The second kappa shape index (κ2) is 12.0. The standard InChI is InChI=1S/C29H21F6NO3S/c1-16-10-21(7-9-25(16)39-15-27(37)38)40-26(13-17-11-22(30)28(32)23(31)12-17)19-4-8-24(36-14-19)18-2-5-20(6-3-18)29(33,34)35/h2-12,14,26H,13,15H2,1H3,(H,37,38). The molecule has 0 bridgehead atoms. The van der Waals surface area contributed by atoms with Crippen molar-refractivity contribution in [3.8, 4) is 17.0 Å². The van der Waals surface area contributed by atoms with Crippen LogP contribution in [0.15, 0.2) is 77.8 Å². The van der Waals surface area contributed by atoms with Gasteiger partial charge in [0.25, 0.3) is 0 Å². The SMILES string of the molecule is Cc1cc(SC(Cc2cc(F)c(F)c(F)c2)c2ccc(-c3ccc(C(F)(F)F)cc3)nc2)ccc1OCC(=O)O. The molecule has 1 N–H and O–H groups in total. The second-order valence-corrected chi connectivity index (χ2v) is 10.1. The summed E-state index contributed by atoms with van der Waals surface area (Å²) in [5, 5.41) is 8.39. The summed E-state index contributed by atoms with van der Waals surface area (Å²) in [6.07, 6.45) is -2.84. The van der Waals surface area contributed by atoms with E-state index < -0.39 is 47.0 Å². The fourth-order valence-corrected chi connectivity index (χ4v) is 5.20. The van der Waals surface area contributed by atoms with Crippen molar-refractivity contribution in [2.75, 3.05) is 6.61 Å². The predicted octanol–water partition coefficient (Wildman–Crippen LogP) is 8.03. The van der Waals surface area contributed by atoms with Gasteiger partial charge in [0.2, 0.25) is 0 Å². The number of hydrogen-bond acceptors (Lipinski definition) is 4. The average Bonchev–Trinajstić information content (AvgIpc) is 2.90. The molecule has 4 aromatic rings. The number of aryl methyl sites for hydroxylation is 1. The number of thioether (sulfide) groups is 1. The number of nitrogens with zero attached hydrogens (tertiary/aromatic N) is 1. The van der Waals surface area contributed by atoms with Crippen LogP contribution in [0.2, 0.25) is 0 Å². The van der Waals surface area contributed by atoms with Crippen LogP contribution in [0.25, 0.3) is 11.3 Å². The van der Waals surface area contributed by atoms with Gasteiger partial charge in [-0.15, -0.1) is 11.8 Å². The first kappa shape index (κ1) is 29.0. The Kier molecular flexibility index (Phi) is 8.73. The van der Waals surface area contributed by atoms with Crippen molar-refractivity contribution in [1.29, 1.82) is 0 Å². The second-order valence-electron chi connectivity index (χ2n) is 8.85. The molecule has 0 radical (unpaired) electrons. The first-order chi connectivity index (χ1) is 18.9. The highest BCUT2D eigenvalue weighted by molar-refractivity contribution is 7.99. The molecular weight excluding hydrogens is 556 g/mol. The van der Waals surface area contributed by atoms with Crippen LogP contribution in [0.1, 0.15) is 27.5 Å². The van der Waals surface area contributed by atoms with Gasteiger partial charge in [0, 0.05) is 21.9 Å². The minimum atomic E-state index is -4.46. The molecule has 40 heavy (non-hydrogen) atoms. The van der Waals surface area contributed by atoms with Crippen LogP contribution >= 0.6 is 11.8 Å². The van der Waals surface area contributed by atoms with Gasteiger partial charge in [-0.05, 0) is 78.6 Å². The Hall–Kier alpha value is -3.99. The van der Waals surface area contributed by atoms with Crippen molar-refractivity contribution < 1.29 is 41.0 Å². The number of aromatic nitrogens is 1. The highest BCUT2D eigenvalue weighted by Gasteiger charge is 2.30. The molecule has 11 heteroatoms. The van der Waals surface area contributed by atoms with Crippen LogP contribution < -0.4 is 4.74 Å². The van der Waals surface area contributed by atoms with Crippen molar-refractivity contribution in [2.45, 2.75) is 29.7 Å². The maximum absolute atomic E-state index is 13.9. The molecular formula is C29H21F6NO3S. The molecule has 0 fully saturated rings. The van der Waals surface area contributed by atoms with Gasteiger partial charge in [-0.25, -0.2) is 18.0 Å². The molecule has 208 valence electrons. The van der Waals surface area contributed by atoms with Gasteiger partial charge in [0.05, 0.1) is 11.3 Å². The lowest BCUT2D eigenvalue weighted by molar-refractivity contribution is -0.139. The number of carboxylic acids is 1. The lowest BCUT2D eigenvalue weighted by atomic mass is 10.0. The van der Waals surface area contributed by atoms with E-state index in [1.165, 1.54) is 30.1 Å². The number of aliphatic carboxylic acids is 1. The minimum Gasteiger partial charge on any atom is -0.482 e. The fraction of sp³-hybridized carbons (Fsp3) is 0.172. The first-order valence-electron chi connectivity index (χ1n) is 11.8. The minimum absolute atomic E-state index is 0.0937. The zero-order valence-electron chi connectivity index (χ0n) is 20.8. The molecule has 1 unspecified atom stereocenters. The molecule has 4 nitrogen and oxygen atoms in total. The van der Waals surface area contributed by atoms with Crippen molar-refractivity contribution in [1.82, 2.24) is 4.98 Å². The van der Waals surface area contributed by atoms with Gasteiger partial charge >= 0.3 is 12.1 Å². The number of halogens is 6. The molecule has 0 saturated heterocycles. The number of hydrogen-bond donors (Lipinski definition) is 1. The van der Waals surface area contributed by atoms with Gasteiger partial charge in [-0.1, -0.05) is 18.2 Å². The van der Waals surface area contributed by atoms with Gasteiger partial charge < -0.3 is 9.84 Å². The summed E-state index contributed by atoms with van der Waals surface area (Å²) < 4.78 is 85.3. The molecule has 3 aromatic carbocycles. The monoisotopic (exact) mass is 577 g/mol. The van der Waals surface area contributed by atoms with E-state index in [1.807, 2.05) is 0 Å². The lowest BCUT2D eigenvalue weighted by Gasteiger charge is -2.19. The Morgan fingerprint density at radius 1 is 0.975 bits per heavy atom. The molecule has 0 aliphatic rings. The number of carbonyl (C=O) groups is 1. The number of carboxylic acid groups (broad SMARTS) is 1. The summed E-state index contributed by atoms with van der Waals surface area (Å²) in [4.78, 5) is 15.9. The van der Waals surface area contributed by atoms with Gasteiger partial charge in [0.1, 0.15) is 5.75 Å². The van der Waals surface area contributed by atoms with Gasteiger partial charge in [-0.2, -0.15) is 13.2 Å². The Morgan fingerprint density at radius 2 is 1.65 bits per heavy atom. The zero-order chi connectivity index (χ0) is 29.0. The van der Waals surface area contributed by atoms with Crippen LogP contribution in [0, 0.1) is 24.4 Å². The molecule has 0 aliphatic carbocycles. The molecule has 0 amide bonds. The maximum atomic E-state index is 13.9. The zero-order valence-corrected chi connectivity index (χ0v) is 21.6. The number of alkyl halides is 3. The molecule has 1 aromatic heterocycles. The third-order valence-corrected chi connectivity index (χ3v) is 7.16. The fourth-order valence-electron chi connectivity index (χ4n) is 3.92. The predicted molar refractivity (Wildman–Crippen MR) is 138 cm³/mol. The van der Waals surface area contributed by atoms with E-state index in [2.05, 4.69) is 4.98 Å². The van der Waals surface area contributed by atoms with E-state index >= 15 is 0 Å². The van der Waals surface area contributed by atoms with Gasteiger partial charge in [0.15, 0.2) is 24.1 Å². The Morgan fingerprint density at radius 3 is 2.20 bits per heavy atom. The molecule has 0 spiro atoms. The highest BCUT2D eigenvalue weighted by Crippen LogP contribution is 2.40. The third-order valence-electron chi connectivity index (χ3n) is 5.91. The molecule has 1 atom stereocenters. The summed E-state index contributed by atoms with van der Waals surface area (Å²) in [6.45, 7) is 1.23. The van der Waals surface area contributed by atoms with E-state index in [0.29, 0.717) is 28.1 Å². The Bertz CT molecular complexity index is 1490. The summed E-state index contributed by atoms with van der Waals surface area (Å²) in [5.74, 6) is -4.93. The number of rotatable bonds is 9. The maximum Gasteiger partial charge on any atom is 0.416 e. The van der Waals surface area contributed by atoms with Crippen molar-refractivity contribution in [2.24, 2.45) is 0 Å². The first-order valence-corrected chi connectivity index (χ1v) is 12.7. The topological polar surface area (TPSA) is 59.4 Å². The van der Waals surface area contributed by atoms with E-state index in [-0.39, 0.29) is 12.0 Å². The summed E-state index contributed by atoms with van der Waals surface area (Å²) in [5.41, 5.74) is 1.64. The molecule has 0 aliphatic heterocycles. The van der Waals surface area contributed by atoms with Crippen LogP contribution in [-0.2, 0) is 17.4 Å². The van der Waals surface area contributed by atoms with Gasteiger partial charge in [-0.3, -0.25) is 4.98 Å². The van der Waals surface area contributed by atoms with E-state index in [9.17, 15) is 31.1 Å². The number of ether oxygens (including phenoxy) is 1. The third kappa shape index (κ3) is 7.15. The lowest BCUT2D eigenvalue weighted by Crippen LogP contribution is -2.10. The summed E-state index contributed by atoms with van der Waals surface area (Å²) >= 11 is 1.33. The van der Waals surface area contributed by atoms with Crippen LogP contribution in [-0.4, -0.2) is 22.7 Å². The van der Waals surface area contributed by atoms with E-state index in [4.69, 9.17) is 9.84 Å². The van der Waals surface area contributed by atoms with Crippen molar-refractivity contribution >= 4 is 17.7 Å².